The number of carbonyl (C=O) groups is 1. The molecule has 2 heterocycles. The van der Waals surface area contributed by atoms with Gasteiger partial charge < -0.3 is 14.8 Å². The number of piperazine rings is 1. The molecule has 0 saturated carbocycles. The molecule has 1 N–H and O–H groups in total. The lowest BCUT2D eigenvalue weighted by Gasteiger charge is -2.41. The molecule has 1 fully saturated rings. The van der Waals surface area contributed by atoms with Crippen molar-refractivity contribution in [2.75, 3.05) is 24.5 Å². The molecule has 1 aromatic carbocycles. The number of amides is 1. The van der Waals surface area contributed by atoms with Gasteiger partial charge in [0.15, 0.2) is 0 Å². The maximum Gasteiger partial charge on any atom is 0.270 e. The predicted octanol–water partition coefficient (Wildman–Crippen LogP) is 3.03. The Kier molecular flexibility index (Phi) is 4.83. The maximum atomic E-state index is 12.6. The molecule has 1 aliphatic rings. The van der Waals surface area contributed by atoms with E-state index in [2.05, 4.69) is 9.88 Å². The van der Waals surface area contributed by atoms with E-state index in [9.17, 15) is 9.59 Å². The first-order chi connectivity index (χ1) is 11.5. The summed E-state index contributed by atoms with van der Waals surface area (Å²) in [6, 6.07) is 9.93. The molecule has 1 aliphatic heterocycles. The number of rotatable bonds is 2. The minimum atomic E-state index is -0.280. The third kappa shape index (κ3) is 3.42. The first-order valence-electron chi connectivity index (χ1n) is 7.66. The number of nitrogens with one attached hydrogen (secondary N) is 1. The number of anilines is 1. The zero-order valence-electron chi connectivity index (χ0n) is 13.1. The Morgan fingerprint density at radius 3 is 2.71 bits per heavy atom. The maximum absolute atomic E-state index is 12.6. The molecule has 1 saturated heterocycles. The summed E-state index contributed by atoms with van der Waals surface area (Å²) in [6.45, 7) is 3.80. The van der Waals surface area contributed by atoms with Crippen LogP contribution in [0, 0.1) is 0 Å². The first-order valence-corrected chi connectivity index (χ1v) is 8.41. The number of aromatic nitrogens is 1. The zero-order chi connectivity index (χ0) is 17.3. The van der Waals surface area contributed by atoms with E-state index < -0.39 is 0 Å². The van der Waals surface area contributed by atoms with Crippen molar-refractivity contribution in [3.05, 3.63) is 62.5 Å². The quantitative estimate of drug-likeness (QED) is 0.889. The second-order valence-corrected chi connectivity index (χ2v) is 6.66. The van der Waals surface area contributed by atoms with Crippen molar-refractivity contribution in [1.82, 2.24) is 9.88 Å². The Morgan fingerprint density at radius 1 is 1.21 bits per heavy atom. The summed E-state index contributed by atoms with van der Waals surface area (Å²) in [5.74, 6) is -0.169. The number of nitrogens with zero attached hydrogens (tertiary/aromatic N) is 2. The van der Waals surface area contributed by atoms with E-state index in [1.165, 1.54) is 6.07 Å². The molecule has 0 radical (unpaired) electrons. The number of hydrogen-bond donors (Lipinski definition) is 1. The van der Waals surface area contributed by atoms with Crippen LogP contribution >= 0.6 is 23.2 Å². The fraction of sp³-hybridized carbons (Fsp3) is 0.294. The van der Waals surface area contributed by atoms with Gasteiger partial charge >= 0.3 is 0 Å². The largest absolute Gasteiger partial charge is 0.366 e. The van der Waals surface area contributed by atoms with Crippen molar-refractivity contribution < 1.29 is 4.79 Å². The summed E-state index contributed by atoms with van der Waals surface area (Å²) >= 11 is 12.3. The predicted molar refractivity (Wildman–Crippen MR) is 96.2 cm³/mol. The summed E-state index contributed by atoms with van der Waals surface area (Å²) in [5, 5.41) is 1.26. The standard InChI is InChI=1S/C17H17Cl2N3O2/c1-11-10-21(15-9-12(18)5-6-13(15)19)7-8-22(11)17(24)14-3-2-4-16(23)20-14/h2-6,9,11H,7-8,10H2,1H3,(H,20,23). The van der Waals surface area contributed by atoms with Crippen molar-refractivity contribution in [2.24, 2.45) is 0 Å². The van der Waals surface area contributed by atoms with Crippen LogP contribution < -0.4 is 10.5 Å². The van der Waals surface area contributed by atoms with Crippen LogP contribution in [0.15, 0.2) is 41.2 Å². The average Bonchev–Trinajstić information content (AvgIpc) is 2.56. The van der Waals surface area contributed by atoms with Crippen LogP contribution in [-0.4, -0.2) is 41.5 Å². The van der Waals surface area contributed by atoms with Crippen LogP contribution in [0.25, 0.3) is 0 Å². The highest BCUT2D eigenvalue weighted by Crippen LogP contribution is 2.30. The second kappa shape index (κ2) is 6.87. The summed E-state index contributed by atoms with van der Waals surface area (Å²) in [6.07, 6.45) is 0. The highest BCUT2D eigenvalue weighted by Gasteiger charge is 2.29. The number of carbonyl (C=O) groups excluding carboxylic acids is 1. The molecule has 1 amide bonds. The highest BCUT2D eigenvalue weighted by atomic mass is 35.5. The minimum absolute atomic E-state index is 0.0231. The normalized spacial score (nSPS) is 17.9. The van der Waals surface area contributed by atoms with E-state index in [0.717, 1.165) is 5.69 Å². The average molecular weight is 366 g/mol. The second-order valence-electron chi connectivity index (χ2n) is 5.82. The monoisotopic (exact) mass is 365 g/mol. The van der Waals surface area contributed by atoms with Gasteiger partial charge in [-0.15, -0.1) is 0 Å². The fourth-order valence-corrected chi connectivity index (χ4v) is 3.34. The van der Waals surface area contributed by atoms with Gasteiger partial charge in [-0.1, -0.05) is 29.3 Å². The van der Waals surface area contributed by atoms with Crippen LogP contribution in [0.5, 0.6) is 0 Å². The molecule has 3 rings (SSSR count). The van der Waals surface area contributed by atoms with Crippen molar-refractivity contribution in [1.29, 1.82) is 0 Å². The SMILES string of the molecule is CC1CN(c2cc(Cl)ccc2Cl)CCN1C(=O)c1cccc(=O)[nH]1. The molecule has 0 bridgehead atoms. The molecular weight excluding hydrogens is 349 g/mol. The van der Waals surface area contributed by atoms with Crippen molar-refractivity contribution in [2.45, 2.75) is 13.0 Å². The minimum Gasteiger partial charge on any atom is -0.366 e. The lowest BCUT2D eigenvalue weighted by molar-refractivity contribution is 0.0668. The Balaban J connectivity index is 1.77. The molecule has 1 atom stereocenters. The number of benzene rings is 1. The molecule has 126 valence electrons. The van der Waals surface area contributed by atoms with Crippen LogP contribution in [0.2, 0.25) is 10.0 Å². The lowest BCUT2D eigenvalue weighted by Crippen LogP contribution is -2.54. The lowest BCUT2D eigenvalue weighted by atomic mass is 10.1. The summed E-state index contributed by atoms with van der Waals surface area (Å²) in [7, 11) is 0. The van der Waals surface area contributed by atoms with E-state index >= 15 is 0 Å². The van der Waals surface area contributed by atoms with Gasteiger partial charge in [-0.2, -0.15) is 0 Å². The van der Waals surface area contributed by atoms with E-state index in [1.54, 1.807) is 29.2 Å². The topological polar surface area (TPSA) is 56.4 Å². The third-order valence-corrected chi connectivity index (χ3v) is 4.69. The number of hydrogen-bond acceptors (Lipinski definition) is 3. The molecule has 7 heteroatoms. The van der Waals surface area contributed by atoms with Crippen molar-refractivity contribution in [3.8, 4) is 0 Å². The van der Waals surface area contributed by atoms with Gasteiger partial charge in [0.05, 0.1) is 10.7 Å². The molecular formula is C17H17Cl2N3O2. The van der Waals surface area contributed by atoms with Gasteiger partial charge in [-0.25, -0.2) is 0 Å². The molecule has 0 spiro atoms. The van der Waals surface area contributed by atoms with Gasteiger partial charge in [-0.05, 0) is 31.2 Å². The Labute approximate surface area is 149 Å². The fourth-order valence-electron chi connectivity index (χ4n) is 2.93. The molecule has 5 nitrogen and oxygen atoms in total. The van der Waals surface area contributed by atoms with Crippen molar-refractivity contribution >= 4 is 34.8 Å². The number of halogens is 2. The van der Waals surface area contributed by atoms with E-state index in [0.29, 0.717) is 35.4 Å². The van der Waals surface area contributed by atoms with Gasteiger partial charge in [0, 0.05) is 36.8 Å². The van der Waals surface area contributed by atoms with Gasteiger partial charge in [0.1, 0.15) is 5.69 Å². The molecule has 1 unspecified atom stereocenters. The van der Waals surface area contributed by atoms with Gasteiger partial charge in [0.2, 0.25) is 5.56 Å². The highest BCUT2D eigenvalue weighted by molar-refractivity contribution is 6.35. The van der Waals surface area contributed by atoms with Crippen LogP contribution in [0.3, 0.4) is 0 Å². The summed E-state index contributed by atoms with van der Waals surface area (Å²) < 4.78 is 0. The van der Waals surface area contributed by atoms with Crippen LogP contribution in [-0.2, 0) is 0 Å². The van der Waals surface area contributed by atoms with Crippen LogP contribution in [0.4, 0.5) is 5.69 Å². The summed E-state index contributed by atoms with van der Waals surface area (Å²) in [5.41, 5.74) is 0.901. The molecule has 0 aliphatic carbocycles. The van der Waals surface area contributed by atoms with Gasteiger partial charge in [0.25, 0.3) is 5.91 Å². The number of pyridine rings is 1. The first kappa shape index (κ1) is 16.9. The van der Waals surface area contributed by atoms with E-state index in [4.69, 9.17) is 23.2 Å². The smallest absolute Gasteiger partial charge is 0.270 e. The Bertz CT molecular complexity index is 821. The van der Waals surface area contributed by atoms with Gasteiger partial charge in [-0.3, -0.25) is 9.59 Å². The number of H-pyrrole nitrogens is 1. The Morgan fingerprint density at radius 2 is 2.00 bits per heavy atom. The number of aromatic amines is 1. The molecule has 1 aromatic heterocycles. The molecule has 24 heavy (non-hydrogen) atoms. The van der Waals surface area contributed by atoms with Crippen molar-refractivity contribution in [3.63, 3.8) is 0 Å². The van der Waals surface area contributed by atoms with E-state index in [1.807, 2.05) is 13.0 Å². The third-order valence-electron chi connectivity index (χ3n) is 4.14. The Hall–Kier alpha value is -1.98. The molecule has 2 aromatic rings. The van der Waals surface area contributed by atoms with Crippen LogP contribution in [0.1, 0.15) is 17.4 Å². The van der Waals surface area contributed by atoms with E-state index in [-0.39, 0.29) is 17.5 Å². The zero-order valence-corrected chi connectivity index (χ0v) is 14.6. The summed E-state index contributed by atoms with van der Waals surface area (Å²) in [4.78, 5) is 30.5.